The molecule has 3 rings (SSSR count). The van der Waals surface area contributed by atoms with Crippen molar-refractivity contribution < 1.29 is 9.59 Å². The van der Waals surface area contributed by atoms with Crippen LogP contribution in [0, 0.1) is 0 Å². The Balaban J connectivity index is 1.76. The number of amides is 2. The van der Waals surface area contributed by atoms with E-state index in [1.807, 2.05) is 18.2 Å². The van der Waals surface area contributed by atoms with Gasteiger partial charge in [0, 0.05) is 19.2 Å². The molecule has 2 amide bonds. The summed E-state index contributed by atoms with van der Waals surface area (Å²) in [4.78, 5) is 25.3. The Kier molecular flexibility index (Phi) is 5.74. The number of benzene rings is 1. The van der Waals surface area contributed by atoms with Crippen molar-refractivity contribution >= 4 is 11.8 Å². The molecule has 1 aromatic rings. The molecular formula is C20H29N3O2. The lowest BCUT2D eigenvalue weighted by molar-refractivity contribution is -0.128. The zero-order valence-corrected chi connectivity index (χ0v) is 15.1. The summed E-state index contributed by atoms with van der Waals surface area (Å²) in [6.07, 6.45) is 6.82. The van der Waals surface area contributed by atoms with Gasteiger partial charge in [0.05, 0.1) is 0 Å². The van der Waals surface area contributed by atoms with Crippen molar-refractivity contribution in [1.29, 1.82) is 0 Å². The van der Waals surface area contributed by atoms with Crippen LogP contribution >= 0.6 is 0 Å². The summed E-state index contributed by atoms with van der Waals surface area (Å²) >= 11 is 0. The summed E-state index contributed by atoms with van der Waals surface area (Å²) in [5.41, 5.74) is 1.10. The molecule has 136 valence electrons. The largest absolute Gasteiger partial charge is 0.357 e. The van der Waals surface area contributed by atoms with Crippen molar-refractivity contribution in [2.75, 3.05) is 20.1 Å². The molecule has 0 unspecified atom stereocenters. The first-order valence-electron chi connectivity index (χ1n) is 9.50. The first-order valence-corrected chi connectivity index (χ1v) is 9.50. The van der Waals surface area contributed by atoms with Crippen LogP contribution in [-0.2, 0) is 4.79 Å². The molecule has 5 heteroatoms. The summed E-state index contributed by atoms with van der Waals surface area (Å²) in [7, 11) is 1.64. The minimum absolute atomic E-state index is 0.0758. The molecule has 0 spiro atoms. The van der Waals surface area contributed by atoms with E-state index >= 15 is 0 Å². The molecule has 1 saturated heterocycles. The monoisotopic (exact) mass is 343 g/mol. The molecule has 0 aromatic heterocycles. The van der Waals surface area contributed by atoms with Crippen LogP contribution in [0.5, 0.6) is 0 Å². The maximum absolute atomic E-state index is 12.9. The third-order valence-corrected chi connectivity index (χ3v) is 5.64. The first-order chi connectivity index (χ1) is 12.1. The fourth-order valence-corrected chi connectivity index (χ4v) is 4.16. The van der Waals surface area contributed by atoms with Crippen LogP contribution in [0.2, 0.25) is 0 Å². The summed E-state index contributed by atoms with van der Waals surface area (Å²) in [6.45, 7) is 2.04. The highest BCUT2D eigenvalue weighted by Gasteiger charge is 2.40. The number of likely N-dealkylation sites (N-methyl/N-ethyl adjacent to an activating group) is 1. The van der Waals surface area contributed by atoms with Crippen LogP contribution < -0.4 is 16.0 Å². The van der Waals surface area contributed by atoms with Gasteiger partial charge in [0.25, 0.3) is 5.91 Å². The molecule has 1 aliphatic carbocycles. The van der Waals surface area contributed by atoms with Gasteiger partial charge in [0.1, 0.15) is 5.54 Å². The lowest BCUT2D eigenvalue weighted by atomic mass is 9.80. The number of hydrogen-bond acceptors (Lipinski definition) is 3. The molecule has 1 aliphatic heterocycles. The lowest BCUT2D eigenvalue weighted by Gasteiger charge is -2.36. The van der Waals surface area contributed by atoms with E-state index in [1.54, 1.807) is 7.05 Å². The van der Waals surface area contributed by atoms with Crippen molar-refractivity contribution in [2.45, 2.75) is 56.4 Å². The summed E-state index contributed by atoms with van der Waals surface area (Å²) in [6, 6.07) is 7.89. The number of carbonyl (C=O) groups excluding carboxylic acids is 2. The lowest BCUT2D eigenvalue weighted by Crippen LogP contribution is -2.59. The zero-order valence-electron chi connectivity index (χ0n) is 15.1. The maximum atomic E-state index is 12.9. The van der Waals surface area contributed by atoms with E-state index in [9.17, 15) is 9.59 Å². The van der Waals surface area contributed by atoms with E-state index in [4.69, 9.17) is 0 Å². The minimum Gasteiger partial charge on any atom is -0.357 e. The second-order valence-electron chi connectivity index (χ2n) is 7.34. The second-order valence-corrected chi connectivity index (χ2v) is 7.34. The molecular weight excluding hydrogens is 314 g/mol. The average Bonchev–Trinajstić information content (AvgIpc) is 2.68. The fourth-order valence-electron chi connectivity index (χ4n) is 4.16. The smallest absolute Gasteiger partial charge is 0.252 e. The van der Waals surface area contributed by atoms with E-state index in [2.05, 4.69) is 22.0 Å². The van der Waals surface area contributed by atoms with Gasteiger partial charge in [-0.15, -0.1) is 0 Å². The van der Waals surface area contributed by atoms with Crippen molar-refractivity contribution in [3.05, 3.63) is 35.4 Å². The quantitative estimate of drug-likeness (QED) is 0.786. The molecule has 2 fully saturated rings. The SMILES string of the molecule is CNC(=O)C1(NC(=O)c2cccc([C@H]3CCCNC3)c2)CCCCC1. The Morgan fingerprint density at radius 2 is 1.96 bits per heavy atom. The van der Waals surface area contributed by atoms with Gasteiger partial charge in [-0.2, -0.15) is 0 Å². The van der Waals surface area contributed by atoms with Crippen LogP contribution in [0.25, 0.3) is 0 Å². The predicted molar refractivity (Wildman–Crippen MR) is 98.6 cm³/mol. The van der Waals surface area contributed by atoms with Crippen LogP contribution in [0.4, 0.5) is 0 Å². The minimum atomic E-state index is -0.757. The van der Waals surface area contributed by atoms with E-state index in [0.29, 0.717) is 24.3 Å². The number of carbonyl (C=O) groups is 2. The van der Waals surface area contributed by atoms with Gasteiger partial charge in [-0.3, -0.25) is 9.59 Å². The molecule has 5 nitrogen and oxygen atoms in total. The Hall–Kier alpha value is -1.88. The fraction of sp³-hybridized carbons (Fsp3) is 0.600. The molecule has 1 saturated carbocycles. The predicted octanol–water partition coefficient (Wildman–Crippen LogP) is 2.33. The van der Waals surface area contributed by atoms with Gasteiger partial charge in [0.2, 0.25) is 5.91 Å². The van der Waals surface area contributed by atoms with Gasteiger partial charge in [-0.25, -0.2) is 0 Å². The summed E-state index contributed by atoms with van der Waals surface area (Å²) in [5, 5.41) is 9.22. The molecule has 25 heavy (non-hydrogen) atoms. The van der Waals surface area contributed by atoms with E-state index < -0.39 is 5.54 Å². The number of rotatable bonds is 4. The molecule has 3 N–H and O–H groups in total. The maximum Gasteiger partial charge on any atom is 0.252 e. The van der Waals surface area contributed by atoms with Crippen LogP contribution in [0.3, 0.4) is 0 Å². The number of piperidine rings is 1. The third-order valence-electron chi connectivity index (χ3n) is 5.64. The van der Waals surface area contributed by atoms with Crippen molar-refractivity contribution in [2.24, 2.45) is 0 Å². The number of nitrogens with one attached hydrogen (secondary N) is 3. The van der Waals surface area contributed by atoms with Crippen LogP contribution in [0.1, 0.15) is 66.8 Å². The van der Waals surface area contributed by atoms with Gasteiger partial charge in [0.15, 0.2) is 0 Å². The normalized spacial score (nSPS) is 22.8. The highest BCUT2D eigenvalue weighted by atomic mass is 16.2. The zero-order chi connectivity index (χ0) is 17.7. The van der Waals surface area contributed by atoms with Crippen molar-refractivity contribution in [1.82, 2.24) is 16.0 Å². The molecule has 1 atom stereocenters. The molecule has 2 aliphatic rings. The molecule has 0 radical (unpaired) electrons. The Labute approximate surface area is 150 Å². The van der Waals surface area contributed by atoms with Gasteiger partial charge >= 0.3 is 0 Å². The average molecular weight is 343 g/mol. The Morgan fingerprint density at radius 1 is 1.16 bits per heavy atom. The number of hydrogen-bond donors (Lipinski definition) is 3. The van der Waals surface area contributed by atoms with Gasteiger partial charge < -0.3 is 16.0 Å². The van der Waals surface area contributed by atoms with Gasteiger partial charge in [-0.05, 0) is 55.8 Å². The molecule has 1 heterocycles. The second kappa shape index (κ2) is 8.00. The van der Waals surface area contributed by atoms with E-state index in [0.717, 1.165) is 38.8 Å². The first kappa shape index (κ1) is 17.9. The van der Waals surface area contributed by atoms with Crippen molar-refractivity contribution in [3.63, 3.8) is 0 Å². The Bertz CT molecular complexity index is 617. The van der Waals surface area contributed by atoms with Crippen LogP contribution in [-0.4, -0.2) is 37.5 Å². The van der Waals surface area contributed by atoms with Crippen molar-refractivity contribution in [3.8, 4) is 0 Å². The van der Waals surface area contributed by atoms with Gasteiger partial charge in [-0.1, -0.05) is 31.4 Å². The summed E-state index contributed by atoms with van der Waals surface area (Å²) in [5.74, 6) is 0.244. The highest BCUT2D eigenvalue weighted by molar-refractivity contribution is 5.99. The van der Waals surface area contributed by atoms with E-state index in [-0.39, 0.29) is 11.8 Å². The van der Waals surface area contributed by atoms with Crippen LogP contribution in [0.15, 0.2) is 24.3 Å². The highest BCUT2D eigenvalue weighted by Crippen LogP contribution is 2.29. The Morgan fingerprint density at radius 3 is 2.64 bits per heavy atom. The molecule has 1 aromatic carbocycles. The topological polar surface area (TPSA) is 70.2 Å². The van der Waals surface area contributed by atoms with E-state index in [1.165, 1.54) is 12.0 Å². The summed E-state index contributed by atoms with van der Waals surface area (Å²) < 4.78 is 0. The molecule has 0 bridgehead atoms. The third kappa shape index (κ3) is 4.03. The standard InChI is InChI=1S/C20H29N3O2/c1-21-19(25)20(10-3-2-4-11-20)23-18(24)16-8-5-7-15(13-16)17-9-6-12-22-14-17/h5,7-8,13,17,22H,2-4,6,9-12,14H2,1H3,(H,21,25)(H,23,24)/t17-/m0/s1.